The lowest BCUT2D eigenvalue weighted by Crippen LogP contribution is -2.53. The van der Waals surface area contributed by atoms with Gasteiger partial charge >= 0.3 is 0 Å². The molecular weight excluding hydrogens is 226 g/mol. The average Bonchev–Trinajstić information content (AvgIpc) is 2.49. The van der Waals surface area contributed by atoms with Gasteiger partial charge in [0.1, 0.15) is 5.76 Å². The highest BCUT2D eigenvalue weighted by Crippen LogP contribution is 2.10. The zero-order valence-electron chi connectivity index (χ0n) is 10.1. The fraction of sp³-hybridized carbons (Fsp3) is 0.727. The summed E-state index contributed by atoms with van der Waals surface area (Å²) in [6, 6.07) is 3.13. The van der Waals surface area contributed by atoms with Crippen LogP contribution in [0, 0.1) is 6.92 Å². The predicted octanol–water partition coefficient (Wildman–Crippen LogP) is 1.59. The monoisotopic (exact) mass is 245 g/mol. The Kier molecular flexibility index (Phi) is 4.77. The van der Waals surface area contributed by atoms with Gasteiger partial charge < -0.3 is 9.84 Å². The fourth-order valence-corrected chi connectivity index (χ4v) is 2.29. The number of hydrogen-bond acceptors (Lipinski definition) is 4. The van der Waals surface area contributed by atoms with Gasteiger partial charge in [-0.1, -0.05) is 5.16 Å². The summed E-state index contributed by atoms with van der Waals surface area (Å²) in [6.45, 7) is 9.42. The molecule has 5 heteroatoms. The van der Waals surface area contributed by atoms with Crippen LogP contribution in [0.5, 0.6) is 0 Å². The van der Waals surface area contributed by atoms with Crippen LogP contribution in [0.2, 0.25) is 0 Å². The summed E-state index contributed by atoms with van der Waals surface area (Å²) in [5.74, 6) is 0.890. The number of rotatable bonds is 2. The Morgan fingerprint density at radius 1 is 1.44 bits per heavy atom. The summed E-state index contributed by atoms with van der Waals surface area (Å²) < 4.78 is 5.07. The maximum absolute atomic E-state index is 5.07. The van der Waals surface area contributed by atoms with Crippen LogP contribution < -0.4 is 5.32 Å². The van der Waals surface area contributed by atoms with E-state index in [1.54, 1.807) is 0 Å². The molecule has 2 unspecified atom stereocenters. The molecule has 2 heterocycles. The van der Waals surface area contributed by atoms with Crippen molar-refractivity contribution in [3.63, 3.8) is 0 Å². The van der Waals surface area contributed by atoms with E-state index in [9.17, 15) is 0 Å². The Balaban J connectivity index is 0.00000128. The van der Waals surface area contributed by atoms with Crippen molar-refractivity contribution < 1.29 is 4.52 Å². The highest BCUT2D eigenvalue weighted by Gasteiger charge is 2.21. The van der Waals surface area contributed by atoms with Gasteiger partial charge in [-0.3, -0.25) is 4.90 Å². The quantitative estimate of drug-likeness (QED) is 0.859. The Morgan fingerprint density at radius 3 is 2.56 bits per heavy atom. The Bertz CT molecular complexity index is 319. The van der Waals surface area contributed by atoms with E-state index < -0.39 is 0 Å². The van der Waals surface area contributed by atoms with E-state index in [0.29, 0.717) is 12.1 Å². The Morgan fingerprint density at radius 2 is 2.06 bits per heavy atom. The molecule has 0 amide bonds. The normalized spacial score (nSPS) is 26.4. The zero-order valence-corrected chi connectivity index (χ0v) is 10.9. The lowest BCUT2D eigenvalue weighted by molar-refractivity contribution is 0.163. The largest absolute Gasteiger partial charge is 0.361 e. The smallest absolute Gasteiger partial charge is 0.133 e. The second-order valence-corrected chi connectivity index (χ2v) is 4.59. The highest BCUT2D eigenvalue weighted by atomic mass is 35.5. The van der Waals surface area contributed by atoms with Crippen molar-refractivity contribution in [2.24, 2.45) is 0 Å². The molecule has 1 fully saturated rings. The van der Waals surface area contributed by atoms with Crippen LogP contribution in [0.4, 0.5) is 0 Å². The van der Waals surface area contributed by atoms with Crippen molar-refractivity contribution in [3.8, 4) is 0 Å². The summed E-state index contributed by atoms with van der Waals surface area (Å²) >= 11 is 0. The molecule has 1 aliphatic rings. The summed E-state index contributed by atoms with van der Waals surface area (Å²) in [7, 11) is 0. The SMILES string of the molecule is Cc1cc(CN2CC(C)NC(C)C2)no1.Cl. The molecule has 0 aliphatic carbocycles. The van der Waals surface area contributed by atoms with Crippen molar-refractivity contribution in [3.05, 3.63) is 17.5 Å². The number of hydrogen-bond donors (Lipinski definition) is 1. The van der Waals surface area contributed by atoms with Gasteiger partial charge in [0.05, 0.1) is 5.69 Å². The standard InChI is InChI=1S/C11H19N3O.ClH/c1-8-5-14(6-9(2)12-8)7-11-4-10(3)15-13-11;/h4,8-9,12H,5-7H2,1-3H3;1H. The molecular formula is C11H20ClN3O. The molecule has 2 rings (SSSR count). The lowest BCUT2D eigenvalue weighted by atomic mass is 10.1. The summed E-state index contributed by atoms with van der Waals surface area (Å²) in [6.07, 6.45) is 0. The molecule has 0 spiro atoms. The maximum Gasteiger partial charge on any atom is 0.133 e. The molecule has 0 radical (unpaired) electrons. The second kappa shape index (κ2) is 5.66. The second-order valence-electron chi connectivity index (χ2n) is 4.59. The van der Waals surface area contributed by atoms with Gasteiger partial charge in [-0.25, -0.2) is 0 Å². The first kappa shape index (κ1) is 13.5. The van der Waals surface area contributed by atoms with E-state index in [1.807, 2.05) is 13.0 Å². The number of halogens is 1. The first-order chi connectivity index (χ1) is 7.13. The van der Waals surface area contributed by atoms with Gasteiger partial charge in [0.2, 0.25) is 0 Å². The minimum atomic E-state index is 0. The third-order valence-corrected chi connectivity index (χ3v) is 2.70. The number of nitrogens with zero attached hydrogens (tertiary/aromatic N) is 2. The molecule has 0 aromatic carbocycles. The van der Waals surface area contributed by atoms with Gasteiger partial charge in [0.15, 0.2) is 0 Å². The van der Waals surface area contributed by atoms with Crippen molar-refractivity contribution >= 4 is 12.4 Å². The minimum absolute atomic E-state index is 0. The molecule has 2 atom stereocenters. The summed E-state index contributed by atoms with van der Waals surface area (Å²) in [5.41, 5.74) is 1.04. The maximum atomic E-state index is 5.07. The van der Waals surface area contributed by atoms with Crippen molar-refractivity contribution in [2.75, 3.05) is 13.1 Å². The summed E-state index contributed by atoms with van der Waals surface area (Å²) in [4.78, 5) is 2.42. The highest BCUT2D eigenvalue weighted by molar-refractivity contribution is 5.85. The van der Waals surface area contributed by atoms with Gasteiger partial charge in [-0.15, -0.1) is 12.4 Å². The van der Waals surface area contributed by atoms with Crippen LogP contribution in [0.25, 0.3) is 0 Å². The van der Waals surface area contributed by atoms with Gasteiger partial charge in [0.25, 0.3) is 0 Å². The zero-order chi connectivity index (χ0) is 10.8. The lowest BCUT2D eigenvalue weighted by Gasteiger charge is -2.35. The molecule has 1 aromatic rings. The van der Waals surface area contributed by atoms with Gasteiger partial charge in [0, 0.05) is 37.8 Å². The van der Waals surface area contributed by atoms with E-state index in [1.165, 1.54) is 0 Å². The van der Waals surface area contributed by atoms with Crippen LogP contribution in [0.15, 0.2) is 10.6 Å². The molecule has 1 saturated heterocycles. The fourth-order valence-electron chi connectivity index (χ4n) is 2.29. The van der Waals surface area contributed by atoms with E-state index in [-0.39, 0.29) is 12.4 Å². The number of aromatic nitrogens is 1. The third-order valence-electron chi connectivity index (χ3n) is 2.70. The average molecular weight is 246 g/mol. The molecule has 92 valence electrons. The first-order valence-corrected chi connectivity index (χ1v) is 5.54. The van der Waals surface area contributed by atoms with E-state index in [2.05, 4.69) is 29.2 Å². The van der Waals surface area contributed by atoms with E-state index >= 15 is 0 Å². The first-order valence-electron chi connectivity index (χ1n) is 5.54. The van der Waals surface area contributed by atoms with Crippen LogP contribution in [0.3, 0.4) is 0 Å². The van der Waals surface area contributed by atoms with Crippen LogP contribution in [-0.2, 0) is 6.54 Å². The van der Waals surface area contributed by atoms with E-state index in [0.717, 1.165) is 31.1 Å². The molecule has 0 bridgehead atoms. The molecule has 1 N–H and O–H groups in total. The molecule has 4 nitrogen and oxygen atoms in total. The molecule has 16 heavy (non-hydrogen) atoms. The van der Waals surface area contributed by atoms with Gasteiger partial charge in [-0.05, 0) is 20.8 Å². The van der Waals surface area contributed by atoms with Crippen LogP contribution in [0.1, 0.15) is 25.3 Å². The van der Waals surface area contributed by atoms with Crippen molar-refractivity contribution in [1.82, 2.24) is 15.4 Å². The van der Waals surface area contributed by atoms with Crippen molar-refractivity contribution in [1.29, 1.82) is 0 Å². The van der Waals surface area contributed by atoms with Crippen LogP contribution in [-0.4, -0.2) is 35.2 Å². The molecule has 1 aliphatic heterocycles. The number of aryl methyl sites for hydroxylation is 1. The Labute approximate surface area is 103 Å². The number of nitrogens with one attached hydrogen (secondary N) is 1. The topological polar surface area (TPSA) is 41.3 Å². The van der Waals surface area contributed by atoms with Crippen LogP contribution >= 0.6 is 12.4 Å². The number of piperazine rings is 1. The predicted molar refractivity (Wildman–Crippen MR) is 65.8 cm³/mol. The van der Waals surface area contributed by atoms with Crippen molar-refractivity contribution in [2.45, 2.75) is 39.4 Å². The molecule has 0 saturated carbocycles. The minimum Gasteiger partial charge on any atom is -0.361 e. The van der Waals surface area contributed by atoms with E-state index in [4.69, 9.17) is 4.52 Å². The summed E-state index contributed by atoms with van der Waals surface area (Å²) in [5, 5.41) is 7.54. The Hall–Kier alpha value is -0.580. The third kappa shape index (κ3) is 3.47. The van der Waals surface area contributed by atoms with Gasteiger partial charge in [-0.2, -0.15) is 0 Å². The molecule has 1 aromatic heterocycles.